The second kappa shape index (κ2) is 9.18. The summed E-state index contributed by atoms with van der Waals surface area (Å²) in [7, 11) is 0. The van der Waals surface area contributed by atoms with E-state index in [1.54, 1.807) is 0 Å². The normalized spacial score (nSPS) is 23.6. The Morgan fingerprint density at radius 1 is 1.05 bits per heavy atom. The molecule has 4 fully saturated rings. The highest BCUT2D eigenvalue weighted by Crippen LogP contribution is 2.41. The van der Waals surface area contributed by atoms with Crippen molar-refractivity contribution in [3.63, 3.8) is 0 Å². The maximum Gasteiger partial charge on any atom is 0.319 e. The number of anilines is 1. The van der Waals surface area contributed by atoms with Crippen LogP contribution in [0.25, 0.3) is 32.9 Å². The zero-order chi connectivity index (χ0) is 26.8. The molecule has 4 aliphatic rings. The number of terminal acetylenes is 1. The summed E-state index contributed by atoms with van der Waals surface area (Å²) in [5.74, 6) is 3.14. The molecule has 4 aliphatic heterocycles. The van der Waals surface area contributed by atoms with Gasteiger partial charge in [-0.05, 0) is 69.8 Å². The van der Waals surface area contributed by atoms with E-state index in [-0.39, 0.29) is 17.4 Å². The number of halogens is 1. The molecule has 204 valence electrons. The summed E-state index contributed by atoms with van der Waals surface area (Å²) in [4.78, 5) is 17.8. The first-order valence-corrected chi connectivity index (χ1v) is 14.6. The Labute approximate surface area is 233 Å². The number of aromatic amines is 1. The predicted octanol–water partition coefficient (Wildman–Crippen LogP) is 4.85. The zero-order valence-electron chi connectivity index (χ0n) is 22.5. The Morgan fingerprint density at radius 2 is 1.85 bits per heavy atom. The van der Waals surface area contributed by atoms with Crippen LogP contribution >= 0.6 is 0 Å². The number of hydrogen-bond donors (Lipinski definition) is 2. The van der Waals surface area contributed by atoms with Crippen LogP contribution in [-0.2, 0) is 0 Å². The second-order valence-electron chi connectivity index (χ2n) is 12.0. The van der Waals surface area contributed by atoms with Crippen molar-refractivity contribution in [2.75, 3.05) is 37.7 Å². The molecule has 0 aliphatic carbocycles. The number of nitrogens with one attached hydrogen (secondary N) is 2. The van der Waals surface area contributed by atoms with Gasteiger partial charge in [0.25, 0.3) is 0 Å². The van der Waals surface area contributed by atoms with E-state index >= 15 is 4.39 Å². The smallest absolute Gasteiger partial charge is 0.319 e. The minimum Gasteiger partial charge on any atom is -0.461 e. The first kappa shape index (κ1) is 24.2. The van der Waals surface area contributed by atoms with Gasteiger partial charge in [0.15, 0.2) is 5.82 Å². The first-order valence-electron chi connectivity index (χ1n) is 14.6. The van der Waals surface area contributed by atoms with Crippen molar-refractivity contribution in [1.82, 2.24) is 25.2 Å². The number of nitrogens with zero attached hydrogens (tertiary/aromatic N) is 4. The molecule has 6 heterocycles. The number of H-pyrrole nitrogens is 1. The lowest BCUT2D eigenvalue weighted by molar-refractivity contribution is 0.108. The van der Waals surface area contributed by atoms with Crippen LogP contribution in [0, 0.1) is 18.2 Å². The fraction of sp³-hybridized carbons (Fsp3) is 0.438. The van der Waals surface area contributed by atoms with E-state index in [9.17, 15) is 0 Å². The molecule has 2 bridgehead atoms. The Bertz CT molecular complexity index is 1650. The summed E-state index contributed by atoms with van der Waals surface area (Å²) < 4.78 is 23.0. The molecule has 0 radical (unpaired) electrons. The number of rotatable bonds is 5. The van der Waals surface area contributed by atoms with Gasteiger partial charge in [0, 0.05) is 64.3 Å². The van der Waals surface area contributed by atoms with Crippen LogP contribution in [0.3, 0.4) is 0 Å². The van der Waals surface area contributed by atoms with Crippen molar-refractivity contribution in [3.8, 4) is 29.5 Å². The van der Waals surface area contributed by atoms with Crippen LogP contribution in [-0.4, -0.2) is 70.3 Å². The van der Waals surface area contributed by atoms with Crippen molar-refractivity contribution < 1.29 is 9.13 Å². The minimum atomic E-state index is -0.377. The topological polar surface area (TPSA) is 69.3 Å². The van der Waals surface area contributed by atoms with Crippen LogP contribution in [0.1, 0.15) is 44.1 Å². The minimum absolute atomic E-state index is 0.0582. The van der Waals surface area contributed by atoms with Crippen LogP contribution in [0.5, 0.6) is 6.01 Å². The largest absolute Gasteiger partial charge is 0.461 e. The molecule has 40 heavy (non-hydrogen) atoms. The number of hydrogen-bond acceptors (Lipinski definition) is 6. The lowest BCUT2D eigenvalue weighted by Crippen LogP contribution is -2.51. The van der Waals surface area contributed by atoms with Crippen molar-refractivity contribution in [3.05, 3.63) is 47.9 Å². The zero-order valence-corrected chi connectivity index (χ0v) is 22.5. The Balaban J connectivity index is 1.25. The number of fused-ring (bicyclic) bond motifs is 5. The van der Waals surface area contributed by atoms with Crippen LogP contribution in [0.15, 0.2) is 36.5 Å². The highest BCUT2D eigenvalue weighted by Gasteiger charge is 2.45. The van der Waals surface area contributed by atoms with Gasteiger partial charge in [-0.2, -0.15) is 9.97 Å². The van der Waals surface area contributed by atoms with E-state index in [1.165, 1.54) is 12.8 Å². The lowest BCUT2D eigenvalue weighted by Gasteiger charge is -2.34. The van der Waals surface area contributed by atoms with Crippen LogP contribution < -0.4 is 15.0 Å². The van der Waals surface area contributed by atoms with Crippen molar-refractivity contribution in [2.45, 2.75) is 56.1 Å². The predicted molar refractivity (Wildman–Crippen MR) is 155 cm³/mol. The Morgan fingerprint density at radius 3 is 2.62 bits per heavy atom. The highest BCUT2D eigenvalue weighted by atomic mass is 19.1. The van der Waals surface area contributed by atoms with E-state index in [0.717, 1.165) is 79.7 Å². The summed E-state index contributed by atoms with van der Waals surface area (Å²) in [6, 6.07) is 10.7. The molecule has 8 heteroatoms. The SMILES string of the molecule is C#Cc1cccc2[nH]cc(-c3ccc4c(N5CC6CCC(C5)N6)nc(OCC56CCCN5CCC6)nc4c3F)c12. The van der Waals surface area contributed by atoms with E-state index < -0.39 is 0 Å². The van der Waals surface area contributed by atoms with E-state index in [4.69, 9.17) is 21.1 Å². The monoisotopic (exact) mass is 536 g/mol. The molecule has 0 amide bonds. The van der Waals surface area contributed by atoms with Crippen molar-refractivity contribution in [1.29, 1.82) is 0 Å². The third kappa shape index (κ3) is 3.71. The van der Waals surface area contributed by atoms with Gasteiger partial charge in [-0.15, -0.1) is 6.42 Å². The molecule has 2 N–H and O–H groups in total. The fourth-order valence-corrected chi connectivity index (χ4v) is 7.79. The average Bonchev–Trinajstić information content (AvgIpc) is 3.75. The quantitative estimate of drug-likeness (QED) is 0.356. The summed E-state index contributed by atoms with van der Waals surface area (Å²) in [6.45, 7) is 4.48. The standard InChI is InChI=1S/C32H33FN6O/c1-2-20-6-3-7-26-27(20)25(16-34-26)23-10-11-24-29(28(23)33)36-31(40-19-32-12-4-14-39(32)15-5-13-32)37-30(24)38-17-21-8-9-22(18-38)35-21/h1,3,6-7,10-11,16,21-22,34-35H,4-5,8-9,12-15,17-19H2. The van der Waals surface area contributed by atoms with Gasteiger partial charge in [-0.25, -0.2) is 4.39 Å². The van der Waals surface area contributed by atoms with E-state index in [1.807, 2.05) is 36.5 Å². The number of ether oxygens (including phenoxy) is 1. The van der Waals surface area contributed by atoms with Crippen LogP contribution in [0.2, 0.25) is 0 Å². The molecule has 4 saturated heterocycles. The number of benzene rings is 2. The molecule has 2 aromatic heterocycles. The maximum absolute atomic E-state index is 16.6. The van der Waals surface area contributed by atoms with Gasteiger partial charge in [0.2, 0.25) is 0 Å². The van der Waals surface area contributed by atoms with Crippen molar-refractivity contribution in [2.24, 2.45) is 0 Å². The Hall–Kier alpha value is -3.67. The summed E-state index contributed by atoms with van der Waals surface area (Å²) in [5.41, 5.74) is 3.16. The molecule has 0 saturated carbocycles. The number of aromatic nitrogens is 3. The van der Waals surface area contributed by atoms with Gasteiger partial charge >= 0.3 is 6.01 Å². The van der Waals surface area contributed by atoms with Gasteiger partial charge in [0.1, 0.15) is 17.9 Å². The molecular formula is C32H33FN6O. The third-order valence-electron chi connectivity index (χ3n) is 9.71. The molecule has 8 rings (SSSR count). The van der Waals surface area contributed by atoms with Gasteiger partial charge in [0.05, 0.1) is 5.54 Å². The molecule has 2 aromatic carbocycles. The summed E-state index contributed by atoms with van der Waals surface area (Å²) in [6.07, 6.45) is 14.6. The van der Waals surface area contributed by atoms with E-state index in [2.05, 4.69) is 26.0 Å². The molecule has 2 unspecified atom stereocenters. The molecule has 0 spiro atoms. The number of piperazine rings is 1. The molecular weight excluding hydrogens is 503 g/mol. The summed E-state index contributed by atoms with van der Waals surface area (Å²) >= 11 is 0. The maximum atomic E-state index is 16.6. The summed E-state index contributed by atoms with van der Waals surface area (Å²) in [5, 5.41) is 5.25. The molecule has 4 aromatic rings. The van der Waals surface area contributed by atoms with Crippen molar-refractivity contribution >= 4 is 27.6 Å². The van der Waals surface area contributed by atoms with Gasteiger partial charge in [-0.1, -0.05) is 18.1 Å². The van der Waals surface area contributed by atoms with Gasteiger partial charge < -0.3 is 19.9 Å². The highest BCUT2D eigenvalue weighted by molar-refractivity contribution is 6.02. The lowest BCUT2D eigenvalue weighted by atomic mass is 9.95. The average molecular weight is 537 g/mol. The van der Waals surface area contributed by atoms with E-state index in [0.29, 0.717) is 35.2 Å². The molecule has 7 nitrogen and oxygen atoms in total. The fourth-order valence-electron chi connectivity index (χ4n) is 7.79. The Kier molecular flexibility index (Phi) is 5.55. The third-order valence-corrected chi connectivity index (χ3v) is 9.71. The van der Waals surface area contributed by atoms with Crippen LogP contribution in [0.4, 0.5) is 10.2 Å². The first-order chi connectivity index (χ1) is 19.6. The van der Waals surface area contributed by atoms with Gasteiger partial charge in [-0.3, -0.25) is 4.90 Å². The molecule has 2 atom stereocenters. The second-order valence-corrected chi connectivity index (χ2v) is 12.0.